The van der Waals surface area contributed by atoms with Crippen LogP contribution in [0.2, 0.25) is 0 Å². The first kappa shape index (κ1) is 13.2. The first-order valence-electron chi connectivity index (χ1n) is 7.27. The van der Waals surface area contributed by atoms with Crippen molar-refractivity contribution in [3.05, 3.63) is 36.1 Å². The van der Waals surface area contributed by atoms with Gasteiger partial charge in [0, 0.05) is 18.0 Å². The van der Waals surface area contributed by atoms with Gasteiger partial charge in [0.15, 0.2) is 5.76 Å². The van der Waals surface area contributed by atoms with Gasteiger partial charge in [0.25, 0.3) is 5.91 Å². The van der Waals surface area contributed by atoms with E-state index in [4.69, 9.17) is 10.2 Å². The molecule has 1 aliphatic rings. The van der Waals surface area contributed by atoms with Crippen LogP contribution in [0.1, 0.15) is 36.2 Å². The van der Waals surface area contributed by atoms with Crippen LogP contribution in [0, 0.1) is 5.92 Å². The van der Waals surface area contributed by atoms with Crippen molar-refractivity contribution in [2.24, 2.45) is 11.7 Å². The van der Waals surface area contributed by atoms with Gasteiger partial charge in [0.05, 0.1) is 0 Å². The third-order valence-electron chi connectivity index (χ3n) is 4.19. The lowest BCUT2D eigenvalue weighted by Gasteiger charge is -2.22. The van der Waals surface area contributed by atoms with Gasteiger partial charge in [-0.2, -0.15) is 0 Å². The molecule has 1 heterocycles. The minimum absolute atomic E-state index is 0.0539. The molecule has 1 amide bonds. The van der Waals surface area contributed by atoms with Crippen LogP contribution in [0.5, 0.6) is 0 Å². The van der Waals surface area contributed by atoms with Gasteiger partial charge in [-0.05, 0) is 30.9 Å². The Hall–Kier alpha value is -1.81. The number of nitrogens with two attached hydrogens (primary N) is 1. The summed E-state index contributed by atoms with van der Waals surface area (Å²) in [5.41, 5.74) is 6.55. The number of furan rings is 1. The van der Waals surface area contributed by atoms with E-state index in [1.165, 1.54) is 12.8 Å². The number of carbonyl (C=O) groups excluding carboxylic acids is 1. The summed E-state index contributed by atoms with van der Waals surface area (Å²) in [5.74, 6) is 0.708. The molecule has 4 heteroatoms. The number of para-hydroxylation sites is 1. The molecule has 0 bridgehead atoms. The summed E-state index contributed by atoms with van der Waals surface area (Å²) in [6, 6.07) is 9.47. The molecule has 0 saturated heterocycles. The van der Waals surface area contributed by atoms with Crippen molar-refractivity contribution < 1.29 is 9.21 Å². The van der Waals surface area contributed by atoms with E-state index in [2.05, 4.69) is 5.32 Å². The van der Waals surface area contributed by atoms with E-state index >= 15 is 0 Å². The fourth-order valence-electron chi connectivity index (χ4n) is 3.06. The summed E-state index contributed by atoms with van der Waals surface area (Å²) in [6.45, 7) is 0.483. The lowest BCUT2D eigenvalue weighted by Crippen LogP contribution is -2.44. The van der Waals surface area contributed by atoms with Crippen molar-refractivity contribution >= 4 is 16.9 Å². The van der Waals surface area contributed by atoms with E-state index in [1.54, 1.807) is 6.07 Å². The molecule has 1 unspecified atom stereocenters. The second-order valence-electron chi connectivity index (χ2n) is 5.51. The Labute approximate surface area is 118 Å². The minimum Gasteiger partial charge on any atom is -0.451 e. The molecule has 1 fully saturated rings. The van der Waals surface area contributed by atoms with Gasteiger partial charge >= 0.3 is 0 Å². The standard InChI is InChI=1S/C16H20N2O2/c17-10-13(11-5-1-2-6-11)18-16(19)15-9-12-7-3-4-8-14(12)20-15/h3-4,7-9,11,13H,1-2,5-6,10,17H2,(H,18,19). The van der Waals surface area contributed by atoms with Gasteiger partial charge in [-0.3, -0.25) is 4.79 Å². The Kier molecular flexibility index (Phi) is 3.74. The fraction of sp³-hybridized carbons (Fsp3) is 0.438. The van der Waals surface area contributed by atoms with E-state index in [0.29, 0.717) is 18.2 Å². The first-order chi connectivity index (χ1) is 9.78. The van der Waals surface area contributed by atoms with Crippen molar-refractivity contribution in [2.75, 3.05) is 6.54 Å². The number of amides is 1. The van der Waals surface area contributed by atoms with Crippen LogP contribution >= 0.6 is 0 Å². The number of carbonyl (C=O) groups is 1. The lowest BCUT2D eigenvalue weighted by molar-refractivity contribution is 0.0898. The molecular weight excluding hydrogens is 252 g/mol. The predicted molar refractivity (Wildman–Crippen MR) is 78.5 cm³/mol. The number of fused-ring (bicyclic) bond motifs is 1. The Morgan fingerprint density at radius 1 is 1.35 bits per heavy atom. The van der Waals surface area contributed by atoms with Gasteiger partial charge in [-0.1, -0.05) is 31.0 Å². The quantitative estimate of drug-likeness (QED) is 0.899. The molecule has 0 aliphatic heterocycles. The van der Waals surface area contributed by atoms with Gasteiger partial charge < -0.3 is 15.5 Å². The molecule has 1 aromatic heterocycles. The monoisotopic (exact) mass is 272 g/mol. The fourth-order valence-corrected chi connectivity index (χ4v) is 3.06. The van der Waals surface area contributed by atoms with Crippen molar-refractivity contribution in [3.8, 4) is 0 Å². The van der Waals surface area contributed by atoms with Crippen LogP contribution in [0.3, 0.4) is 0 Å². The largest absolute Gasteiger partial charge is 0.451 e. The Balaban J connectivity index is 1.74. The third kappa shape index (κ3) is 2.56. The normalized spacial score (nSPS) is 17.4. The van der Waals surface area contributed by atoms with Crippen LogP contribution in [0.15, 0.2) is 34.7 Å². The Morgan fingerprint density at radius 2 is 2.10 bits per heavy atom. The van der Waals surface area contributed by atoms with Crippen molar-refractivity contribution in [1.29, 1.82) is 0 Å². The van der Waals surface area contributed by atoms with Crippen LogP contribution in [-0.2, 0) is 0 Å². The summed E-state index contributed by atoms with van der Waals surface area (Å²) in [6.07, 6.45) is 4.79. The average molecular weight is 272 g/mol. The maximum atomic E-state index is 12.3. The van der Waals surface area contributed by atoms with Crippen molar-refractivity contribution in [3.63, 3.8) is 0 Å². The number of nitrogens with one attached hydrogen (secondary N) is 1. The van der Waals surface area contributed by atoms with Crippen LogP contribution in [0.25, 0.3) is 11.0 Å². The van der Waals surface area contributed by atoms with E-state index in [9.17, 15) is 4.79 Å². The van der Waals surface area contributed by atoms with Crippen LogP contribution in [-0.4, -0.2) is 18.5 Å². The van der Waals surface area contributed by atoms with Gasteiger partial charge in [0.1, 0.15) is 5.58 Å². The van der Waals surface area contributed by atoms with E-state index < -0.39 is 0 Å². The first-order valence-corrected chi connectivity index (χ1v) is 7.27. The minimum atomic E-state index is -0.163. The average Bonchev–Trinajstić information content (AvgIpc) is 3.13. The second-order valence-corrected chi connectivity index (χ2v) is 5.51. The van der Waals surface area contributed by atoms with Crippen LogP contribution < -0.4 is 11.1 Å². The molecule has 3 rings (SSSR count). The highest BCUT2D eigenvalue weighted by atomic mass is 16.3. The number of rotatable bonds is 4. The predicted octanol–water partition coefficient (Wildman–Crippen LogP) is 2.68. The van der Waals surface area contributed by atoms with Crippen LogP contribution in [0.4, 0.5) is 0 Å². The molecule has 3 N–H and O–H groups in total. The Bertz CT molecular complexity index is 566. The summed E-state index contributed by atoms with van der Waals surface area (Å²) < 4.78 is 5.58. The molecule has 1 aromatic carbocycles. The van der Waals surface area contributed by atoms with E-state index in [-0.39, 0.29) is 11.9 Å². The SMILES string of the molecule is NCC(NC(=O)c1cc2ccccc2o1)C1CCCC1. The number of hydrogen-bond donors (Lipinski definition) is 2. The Morgan fingerprint density at radius 3 is 2.80 bits per heavy atom. The molecule has 1 atom stereocenters. The summed E-state index contributed by atoms with van der Waals surface area (Å²) in [4.78, 5) is 12.3. The maximum absolute atomic E-state index is 12.3. The summed E-state index contributed by atoms with van der Waals surface area (Å²) in [7, 11) is 0. The van der Waals surface area contributed by atoms with Crippen molar-refractivity contribution in [1.82, 2.24) is 5.32 Å². The zero-order valence-corrected chi connectivity index (χ0v) is 11.5. The van der Waals surface area contributed by atoms with Gasteiger partial charge in [-0.15, -0.1) is 0 Å². The maximum Gasteiger partial charge on any atom is 0.287 e. The van der Waals surface area contributed by atoms with E-state index in [0.717, 1.165) is 23.8 Å². The van der Waals surface area contributed by atoms with Crippen molar-refractivity contribution in [2.45, 2.75) is 31.7 Å². The van der Waals surface area contributed by atoms with Gasteiger partial charge in [-0.25, -0.2) is 0 Å². The highest BCUT2D eigenvalue weighted by molar-refractivity contribution is 5.96. The smallest absolute Gasteiger partial charge is 0.287 e. The summed E-state index contributed by atoms with van der Waals surface area (Å²) >= 11 is 0. The second kappa shape index (κ2) is 5.67. The van der Waals surface area contributed by atoms with E-state index in [1.807, 2.05) is 24.3 Å². The molecule has 106 valence electrons. The highest BCUT2D eigenvalue weighted by Crippen LogP contribution is 2.27. The van der Waals surface area contributed by atoms with Gasteiger partial charge in [0.2, 0.25) is 0 Å². The molecule has 1 aliphatic carbocycles. The molecule has 4 nitrogen and oxygen atoms in total. The molecule has 20 heavy (non-hydrogen) atoms. The highest BCUT2D eigenvalue weighted by Gasteiger charge is 2.26. The molecule has 1 saturated carbocycles. The molecule has 0 radical (unpaired) electrons. The number of benzene rings is 1. The molecule has 0 spiro atoms. The zero-order valence-electron chi connectivity index (χ0n) is 11.5. The molecular formula is C16H20N2O2. The topological polar surface area (TPSA) is 68.3 Å². The zero-order chi connectivity index (χ0) is 13.9. The summed E-state index contributed by atoms with van der Waals surface area (Å²) in [5, 5.41) is 3.98. The lowest BCUT2D eigenvalue weighted by atomic mass is 9.98. The molecule has 2 aromatic rings. The number of hydrogen-bond acceptors (Lipinski definition) is 3. The third-order valence-corrected chi connectivity index (χ3v) is 4.19.